The second-order valence-electron chi connectivity index (χ2n) is 5.34. The molecule has 0 spiro atoms. The lowest BCUT2D eigenvalue weighted by Crippen LogP contribution is -2.04. The summed E-state index contributed by atoms with van der Waals surface area (Å²) in [6.07, 6.45) is 0.776. The first kappa shape index (κ1) is 17.7. The fourth-order valence-electron chi connectivity index (χ4n) is 2.27. The Bertz CT molecular complexity index is 804. The van der Waals surface area contributed by atoms with E-state index in [0.717, 1.165) is 22.1 Å². The molecule has 130 valence electrons. The maximum atomic E-state index is 8.88. The molecule has 0 saturated heterocycles. The van der Waals surface area contributed by atoms with E-state index in [2.05, 4.69) is 4.98 Å². The van der Waals surface area contributed by atoms with Crippen LogP contribution < -0.4 is 9.47 Å². The number of ether oxygens (including phenoxy) is 2. The van der Waals surface area contributed by atoms with Gasteiger partial charge in [-0.3, -0.25) is 0 Å². The third kappa shape index (κ3) is 5.19. The highest BCUT2D eigenvalue weighted by Gasteiger charge is 2.07. The van der Waals surface area contributed by atoms with Gasteiger partial charge in [0, 0.05) is 16.8 Å². The molecule has 0 unspecified atom stereocenters. The zero-order valence-electron chi connectivity index (χ0n) is 13.5. The van der Waals surface area contributed by atoms with E-state index in [1.165, 1.54) is 5.56 Å². The molecule has 6 heteroatoms. The van der Waals surface area contributed by atoms with Gasteiger partial charge in [-0.05, 0) is 29.8 Å². The van der Waals surface area contributed by atoms with Crippen LogP contribution in [-0.2, 0) is 13.0 Å². The number of halogens is 1. The summed E-state index contributed by atoms with van der Waals surface area (Å²) in [5.74, 6) is 1.26. The van der Waals surface area contributed by atoms with Crippen LogP contribution in [0.25, 0.3) is 0 Å². The Hall–Kier alpha value is -2.08. The van der Waals surface area contributed by atoms with Crippen molar-refractivity contribution in [1.29, 1.82) is 0 Å². The number of nitrogens with zero attached hydrogens (tertiary/aromatic N) is 1. The average molecular weight is 376 g/mol. The molecule has 0 bridgehead atoms. The maximum absolute atomic E-state index is 8.88. The lowest BCUT2D eigenvalue weighted by atomic mass is 10.2. The molecule has 1 heterocycles. The van der Waals surface area contributed by atoms with Crippen LogP contribution in [0.4, 0.5) is 0 Å². The van der Waals surface area contributed by atoms with E-state index in [0.29, 0.717) is 18.1 Å². The standard InChI is InChI=1S/C19H18ClNO3S/c20-15-7-5-14(6-8-15)11-19-21-16(13-25-19)12-24-18-4-2-1-3-17(18)23-10-9-22/h1-8,13,22H,9-12H2. The van der Waals surface area contributed by atoms with E-state index < -0.39 is 0 Å². The van der Waals surface area contributed by atoms with Gasteiger partial charge in [0.1, 0.15) is 13.2 Å². The van der Waals surface area contributed by atoms with Crippen molar-refractivity contribution in [1.82, 2.24) is 4.98 Å². The molecule has 4 nitrogen and oxygen atoms in total. The number of rotatable bonds is 8. The molecule has 1 N–H and O–H groups in total. The average Bonchev–Trinajstić information content (AvgIpc) is 3.08. The van der Waals surface area contributed by atoms with Gasteiger partial charge in [-0.15, -0.1) is 11.3 Å². The Kier molecular flexibility index (Phi) is 6.28. The Morgan fingerprint density at radius 2 is 1.72 bits per heavy atom. The van der Waals surface area contributed by atoms with Crippen molar-refractivity contribution in [2.75, 3.05) is 13.2 Å². The van der Waals surface area contributed by atoms with Crippen molar-refractivity contribution in [3.8, 4) is 11.5 Å². The minimum atomic E-state index is -0.0333. The van der Waals surface area contributed by atoms with Gasteiger partial charge in [0.2, 0.25) is 0 Å². The first-order chi connectivity index (χ1) is 12.2. The smallest absolute Gasteiger partial charge is 0.161 e. The number of thiazole rings is 1. The molecule has 0 radical (unpaired) electrons. The first-order valence-electron chi connectivity index (χ1n) is 7.88. The fourth-order valence-corrected chi connectivity index (χ4v) is 3.21. The summed E-state index contributed by atoms with van der Waals surface area (Å²) < 4.78 is 11.3. The summed E-state index contributed by atoms with van der Waals surface area (Å²) >= 11 is 7.52. The molecule has 3 aromatic rings. The van der Waals surface area contributed by atoms with Gasteiger partial charge in [-0.1, -0.05) is 35.9 Å². The first-order valence-corrected chi connectivity index (χ1v) is 9.13. The van der Waals surface area contributed by atoms with Gasteiger partial charge in [-0.25, -0.2) is 4.98 Å². The Morgan fingerprint density at radius 3 is 2.44 bits per heavy atom. The molecule has 0 atom stereocenters. The van der Waals surface area contributed by atoms with Crippen LogP contribution in [0.2, 0.25) is 5.02 Å². The predicted octanol–water partition coefficient (Wildman–Crippen LogP) is 4.34. The van der Waals surface area contributed by atoms with Crippen molar-refractivity contribution in [3.63, 3.8) is 0 Å². The van der Waals surface area contributed by atoms with Gasteiger partial charge in [0.05, 0.1) is 17.3 Å². The highest BCUT2D eigenvalue weighted by atomic mass is 35.5. The summed E-state index contributed by atoms with van der Waals surface area (Å²) in [6, 6.07) is 15.2. The minimum absolute atomic E-state index is 0.0333. The highest BCUT2D eigenvalue weighted by Crippen LogP contribution is 2.27. The molecule has 0 aliphatic carbocycles. The molecule has 0 aliphatic heterocycles. The van der Waals surface area contributed by atoms with Crippen LogP contribution in [0, 0.1) is 0 Å². The second-order valence-corrected chi connectivity index (χ2v) is 6.72. The van der Waals surface area contributed by atoms with Crippen LogP contribution in [0.3, 0.4) is 0 Å². The minimum Gasteiger partial charge on any atom is -0.487 e. The van der Waals surface area contributed by atoms with Crippen molar-refractivity contribution < 1.29 is 14.6 Å². The Balaban J connectivity index is 1.59. The molecule has 0 amide bonds. The molecule has 0 saturated carbocycles. The molecule has 0 fully saturated rings. The van der Waals surface area contributed by atoms with Gasteiger partial charge in [0.25, 0.3) is 0 Å². The quantitative estimate of drug-likeness (QED) is 0.636. The van der Waals surface area contributed by atoms with Crippen molar-refractivity contribution in [2.45, 2.75) is 13.0 Å². The van der Waals surface area contributed by atoms with E-state index in [4.69, 9.17) is 26.2 Å². The number of hydrogen-bond acceptors (Lipinski definition) is 5. The van der Waals surface area contributed by atoms with E-state index in [9.17, 15) is 0 Å². The number of benzene rings is 2. The SMILES string of the molecule is OCCOc1ccccc1OCc1csc(Cc2ccc(Cl)cc2)n1. The predicted molar refractivity (Wildman–Crippen MR) is 99.7 cm³/mol. The van der Waals surface area contributed by atoms with Gasteiger partial charge >= 0.3 is 0 Å². The number of para-hydroxylation sites is 2. The van der Waals surface area contributed by atoms with Crippen LogP contribution in [0.5, 0.6) is 11.5 Å². The second kappa shape index (κ2) is 8.85. The maximum Gasteiger partial charge on any atom is 0.161 e. The molecule has 1 aromatic heterocycles. The number of hydrogen-bond donors (Lipinski definition) is 1. The molecular weight excluding hydrogens is 358 g/mol. The Labute approximate surface area is 155 Å². The third-order valence-electron chi connectivity index (χ3n) is 3.44. The van der Waals surface area contributed by atoms with Gasteiger partial charge in [-0.2, -0.15) is 0 Å². The highest BCUT2D eigenvalue weighted by molar-refractivity contribution is 7.09. The van der Waals surface area contributed by atoms with Crippen molar-refractivity contribution >= 4 is 22.9 Å². The normalized spacial score (nSPS) is 10.6. The van der Waals surface area contributed by atoms with Crippen molar-refractivity contribution in [3.05, 3.63) is 75.2 Å². The van der Waals surface area contributed by atoms with Crippen molar-refractivity contribution in [2.24, 2.45) is 0 Å². The van der Waals surface area contributed by atoms with Gasteiger partial charge in [0.15, 0.2) is 11.5 Å². The summed E-state index contributed by atoms with van der Waals surface area (Å²) in [4.78, 5) is 4.61. The monoisotopic (exact) mass is 375 g/mol. The lowest BCUT2D eigenvalue weighted by Gasteiger charge is -2.11. The van der Waals surface area contributed by atoms with E-state index >= 15 is 0 Å². The lowest BCUT2D eigenvalue weighted by molar-refractivity contribution is 0.192. The Morgan fingerprint density at radius 1 is 1.00 bits per heavy atom. The molecule has 25 heavy (non-hydrogen) atoms. The van der Waals surface area contributed by atoms with E-state index in [-0.39, 0.29) is 13.2 Å². The number of aliphatic hydroxyl groups is 1. The summed E-state index contributed by atoms with van der Waals surface area (Å²) in [5.41, 5.74) is 2.06. The van der Waals surface area contributed by atoms with E-state index in [1.54, 1.807) is 11.3 Å². The van der Waals surface area contributed by atoms with E-state index in [1.807, 2.05) is 53.9 Å². The molecule has 3 rings (SSSR count). The van der Waals surface area contributed by atoms with Crippen LogP contribution in [0.1, 0.15) is 16.3 Å². The summed E-state index contributed by atoms with van der Waals surface area (Å²) in [5, 5.41) is 12.7. The molecule has 0 aliphatic rings. The molecule has 2 aromatic carbocycles. The zero-order chi connectivity index (χ0) is 17.5. The number of aromatic nitrogens is 1. The fraction of sp³-hybridized carbons (Fsp3) is 0.211. The van der Waals surface area contributed by atoms with Crippen LogP contribution in [0.15, 0.2) is 53.9 Å². The largest absolute Gasteiger partial charge is 0.487 e. The summed E-state index contributed by atoms with van der Waals surface area (Å²) in [6.45, 7) is 0.577. The van der Waals surface area contributed by atoms with Crippen LogP contribution >= 0.6 is 22.9 Å². The van der Waals surface area contributed by atoms with Gasteiger partial charge < -0.3 is 14.6 Å². The summed E-state index contributed by atoms with van der Waals surface area (Å²) in [7, 11) is 0. The zero-order valence-corrected chi connectivity index (χ0v) is 15.1. The van der Waals surface area contributed by atoms with Crippen LogP contribution in [-0.4, -0.2) is 23.3 Å². The molecular formula is C19H18ClNO3S. The number of aliphatic hydroxyl groups excluding tert-OH is 1. The third-order valence-corrected chi connectivity index (χ3v) is 4.59. The topological polar surface area (TPSA) is 51.6 Å².